The number of ketones is 1. The number of anilines is 1. The van der Waals surface area contributed by atoms with Crippen LogP contribution in [0.1, 0.15) is 80.2 Å². The van der Waals surface area contributed by atoms with Crippen LogP contribution in [-0.4, -0.2) is 15.6 Å². The van der Waals surface area contributed by atoms with Crippen LogP contribution < -0.4 is 5.32 Å². The van der Waals surface area contributed by atoms with Crippen molar-refractivity contribution in [1.82, 2.24) is 9.78 Å². The number of nitrogens with zero attached hydrogens (tertiary/aromatic N) is 2. The van der Waals surface area contributed by atoms with Crippen LogP contribution in [0.2, 0.25) is 0 Å². The van der Waals surface area contributed by atoms with E-state index in [1.165, 1.54) is 20.5 Å². The Morgan fingerprint density at radius 2 is 1.82 bits per heavy atom. The van der Waals surface area contributed by atoms with E-state index in [4.69, 9.17) is 0 Å². The molecule has 4 nitrogen and oxygen atoms in total. The van der Waals surface area contributed by atoms with Crippen LogP contribution in [0.15, 0.2) is 66.9 Å². The molecule has 176 valence electrons. The lowest BCUT2D eigenvalue weighted by Gasteiger charge is -2.38. The number of carbonyl (C=O) groups is 1. The second-order valence-electron chi connectivity index (χ2n) is 10.2. The van der Waals surface area contributed by atoms with E-state index in [0.717, 1.165) is 25.1 Å². The summed E-state index contributed by atoms with van der Waals surface area (Å²) in [7, 11) is 0. The van der Waals surface area contributed by atoms with Crippen molar-refractivity contribution < 1.29 is 4.79 Å². The Morgan fingerprint density at radius 1 is 1.12 bits per heavy atom. The average Bonchev–Trinajstić information content (AvgIpc) is 3.48. The number of carbonyl (C=O) groups excluding carboxylic acids is 1. The Balaban J connectivity index is 1.49. The molecule has 5 heteroatoms. The third-order valence-corrected chi connectivity index (χ3v) is 9.02. The molecular formula is C29H33N3OS. The average molecular weight is 472 g/mol. The van der Waals surface area contributed by atoms with Gasteiger partial charge in [-0.1, -0.05) is 62.4 Å². The van der Waals surface area contributed by atoms with Crippen LogP contribution in [-0.2, 0) is 11.0 Å². The van der Waals surface area contributed by atoms with Crippen molar-refractivity contribution in [1.29, 1.82) is 0 Å². The monoisotopic (exact) mass is 471 g/mol. The molecular weight excluding hydrogens is 438 g/mol. The highest BCUT2D eigenvalue weighted by Crippen LogP contribution is 2.44. The number of aromatic nitrogens is 2. The SMILES string of the molecule is CCC(CC)(CC(=O)c1cnn2c1NC(c1ccccc1)CC2(C)C)c1cc2ccccc2s1. The van der Waals surface area contributed by atoms with Gasteiger partial charge in [0.25, 0.3) is 0 Å². The molecule has 2 aromatic carbocycles. The molecule has 0 amide bonds. The van der Waals surface area contributed by atoms with Crippen molar-refractivity contribution in [3.05, 3.63) is 82.9 Å². The fourth-order valence-electron chi connectivity index (χ4n) is 5.42. The highest BCUT2D eigenvalue weighted by atomic mass is 32.1. The van der Waals surface area contributed by atoms with Gasteiger partial charge in [-0.15, -0.1) is 11.3 Å². The number of hydrogen-bond acceptors (Lipinski definition) is 4. The molecule has 3 heterocycles. The van der Waals surface area contributed by atoms with E-state index in [2.05, 4.69) is 92.7 Å². The van der Waals surface area contributed by atoms with E-state index < -0.39 is 0 Å². The predicted octanol–water partition coefficient (Wildman–Crippen LogP) is 7.72. The van der Waals surface area contributed by atoms with Gasteiger partial charge in [0.05, 0.1) is 23.3 Å². The summed E-state index contributed by atoms with van der Waals surface area (Å²) in [6, 6.07) is 21.4. The predicted molar refractivity (Wildman–Crippen MR) is 142 cm³/mol. The zero-order valence-electron chi connectivity index (χ0n) is 20.5. The summed E-state index contributed by atoms with van der Waals surface area (Å²) < 4.78 is 3.30. The first-order chi connectivity index (χ1) is 16.4. The minimum atomic E-state index is -0.183. The lowest BCUT2D eigenvalue weighted by molar-refractivity contribution is 0.0946. The summed E-state index contributed by atoms with van der Waals surface area (Å²) >= 11 is 1.83. The summed E-state index contributed by atoms with van der Waals surface area (Å²) in [6.45, 7) is 8.82. The van der Waals surface area contributed by atoms with Gasteiger partial charge >= 0.3 is 0 Å². The van der Waals surface area contributed by atoms with Crippen molar-refractivity contribution in [2.45, 2.75) is 70.4 Å². The first-order valence-electron chi connectivity index (χ1n) is 12.3. The van der Waals surface area contributed by atoms with Gasteiger partial charge in [0.15, 0.2) is 5.78 Å². The minimum Gasteiger partial charge on any atom is -0.363 e. The lowest BCUT2D eigenvalue weighted by Crippen LogP contribution is -2.38. The van der Waals surface area contributed by atoms with Gasteiger partial charge in [-0.25, -0.2) is 4.68 Å². The Morgan fingerprint density at radius 3 is 2.53 bits per heavy atom. The van der Waals surface area contributed by atoms with Gasteiger partial charge in [0.2, 0.25) is 0 Å². The van der Waals surface area contributed by atoms with Crippen LogP contribution in [0.4, 0.5) is 5.82 Å². The second-order valence-corrected chi connectivity index (χ2v) is 11.3. The molecule has 0 fully saturated rings. The van der Waals surface area contributed by atoms with Gasteiger partial charge in [-0.2, -0.15) is 5.10 Å². The molecule has 5 rings (SSSR count). The van der Waals surface area contributed by atoms with E-state index in [1.807, 2.05) is 22.1 Å². The standard InChI is InChI=1S/C29H33N3OS/c1-5-29(6-2,26-16-21-14-10-11-15-25(21)34-26)18-24(33)22-19-30-32-27(22)31-23(17-28(32,3)4)20-12-8-7-9-13-20/h7-16,19,23,31H,5-6,17-18H2,1-4H3. The maximum Gasteiger partial charge on any atom is 0.169 e. The zero-order chi connectivity index (χ0) is 23.9. The molecule has 1 aliphatic rings. The third kappa shape index (κ3) is 3.86. The second kappa shape index (κ2) is 8.70. The summed E-state index contributed by atoms with van der Waals surface area (Å²) in [6.07, 6.45) is 5.04. The van der Waals surface area contributed by atoms with Crippen LogP contribution in [0, 0.1) is 0 Å². The highest BCUT2D eigenvalue weighted by Gasteiger charge is 2.39. The molecule has 1 unspecified atom stereocenters. The van der Waals surface area contributed by atoms with Gasteiger partial charge in [0, 0.05) is 21.4 Å². The van der Waals surface area contributed by atoms with Gasteiger partial charge in [-0.05, 0) is 56.2 Å². The van der Waals surface area contributed by atoms with Crippen molar-refractivity contribution in [3.63, 3.8) is 0 Å². The number of thiophene rings is 1. The van der Waals surface area contributed by atoms with Crippen LogP contribution in [0.3, 0.4) is 0 Å². The number of nitrogens with one attached hydrogen (secondary N) is 1. The summed E-state index contributed by atoms with van der Waals surface area (Å²) in [5, 5.41) is 9.61. The first kappa shape index (κ1) is 22.9. The minimum absolute atomic E-state index is 0.150. The van der Waals surface area contributed by atoms with Crippen molar-refractivity contribution in [2.24, 2.45) is 0 Å². The third-order valence-electron chi connectivity index (χ3n) is 7.66. The van der Waals surface area contributed by atoms with Crippen LogP contribution in [0.5, 0.6) is 0 Å². The fraction of sp³-hybridized carbons (Fsp3) is 0.379. The van der Waals surface area contributed by atoms with Gasteiger partial charge in [0.1, 0.15) is 5.82 Å². The van der Waals surface area contributed by atoms with E-state index in [1.54, 1.807) is 6.20 Å². The normalized spacial score (nSPS) is 17.4. The Kier molecular flexibility index (Phi) is 5.85. The molecule has 34 heavy (non-hydrogen) atoms. The number of fused-ring (bicyclic) bond motifs is 2. The molecule has 0 bridgehead atoms. The summed E-state index contributed by atoms with van der Waals surface area (Å²) in [4.78, 5) is 15.2. The topological polar surface area (TPSA) is 46.9 Å². The molecule has 1 atom stereocenters. The molecule has 1 aliphatic heterocycles. The van der Waals surface area contributed by atoms with Crippen LogP contribution >= 0.6 is 11.3 Å². The van der Waals surface area contributed by atoms with Gasteiger partial charge < -0.3 is 5.32 Å². The van der Waals surface area contributed by atoms with E-state index in [9.17, 15) is 4.79 Å². The lowest BCUT2D eigenvalue weighted by atomic mass is 9.75. The summed E-state index contributed by atoms with van der Waals surface area (Å²) in [5.41, 5.74) is 1.60. The van der Waals surface area contributed by atoms with Crippen molar-refractivity contribution in [3.8, 4) is 0 Å². The zero-order valence-corrected chi connectivity index (χ0v) is 21.3. The maximum absolute atomic E-state index is 13.9. The van der Waals surface area contributed by atoms with E-state index in [0.29, 0.717) is 12.0 Å². The largest absolute Gasteiger partial charge is 0.363 e. The van der Waals surface area contributed by atoms with Crippen molar-refractivity contribution in [2.75, 3.05) is 5.32 Å². The molecule has 4 aromatic rings. The maximum atomic E-state index is 13.9. The number of benzene rings is 2. The summed E-state index contributed by atoms with van der Waals surface area (Å²) in [5.74, 6) is 1.02. The van der Waals surface area contributed by atoms with E-state index >= 15 is 0 Å². The highest BCUT2D eigenvalue weighted by molar-refractivity contribution is 7.19. The molecule has 0 aliphatic carbocycles. The van der Waals surface area contributed by atoms with Crippen LogP contribution in [0.25, 0.3) is 10.1 Å². The first-order valence-corrected chi connectivity index (χ1v) is 13.1. The molecule has 0 spiro atoms. The molecule has 2 aromatic heterocycles. The number of rotatable bonds is 7. The van der Waals surface area contributed by atoms with Crippen molar-refractivity contribution >= 4 is 33.0 Å². The molecule has 0 saturated carbocycles. The quantitative estimate of drug-likeness (QED) is 0.281. The van der Waals surface area contributed by atoms with E-state index in [-0.39, 0.29) is 22.8 Å². The molecule has 0 radical (unpaired) electrons. The molecule has 1 N–H and O–H groups in total. The fourth-order valence-corrected chi connectivity index (χ4v) is 6.81. The Labute approximate surface area is 206 Å². The Bertz CT molecular complexity index is 1280. The Hall–Kier alpha value is -2.92. The molecule has 0 saturated heterocycles. The van der Waals surface area contributed by atoms with Gasteiger partial charge in [-0.3, -0.25) is 4.79 Å². The number of hydrogen-bond donors (Lipinski definition) is 1. The number of Topliss-reactive ketones (excluding diaryl/α,β-unsaturated/α-hetero) is 1. The smallest absolute Gasteiger partial charge is 0.169 e.